The Balaban J connectivity index is 1.98. The molecule has 1 fully saturated rings. The number of ether oxygens (including phenoxy) is 1. The van der Waals surface area contributed by atoms with Gasteiger partial charge in [0.05, 0.1) is 11.7 Å². The van der Waals surface area contributed by atoms with Crippen molar-refractivity contribution >= 4 is 17.7 Å². The Morgan fingerprint density at radius 2 is 2.00 bits per heavy atom. The molecule has 0 unspecified atom stereocenters. The number of rotatable bonds is 3. The number of piperidine rings is 1. The fraction of sp³-hybridized carbons (Fsp3) is 0.467. The van der Waals surface area contributed by atoms with Gasteiger partial charge in [-0.15, -0.1) is 0 Å². The fourth-order valence-corrected chi connectivity index (χ4v) is 2.43. The van der Waals surface area contributed by atoms with Gasteiger partial charge in [0.1, 0.15) is 0 Å². The highest BCUT2D eigenvalue weighted by Gasteiger charge is 2.22. The third kappa shape index (κ3) is 3.72. The number of likely N-dealkylation sites (tertiary alicyclic amines) is 1. The molecule has 1 heterocycles. The molecule has 1 saturated heterocycles. The van der Waals surface area contributed by atoms with Crippen molar-refractivity contribution in [2.24, 2.45) is 0 Å². The van der Waals surface area contributed by atoms with Crippen molar-refractivity contribution in [3.8, 4) is 0 Å². The number of amides is 2. The number of carboxylic acids is 1. The molecule has 2 amide bonds. The first-order valence-corrected chi connectivity index (χ1v) is 6.94. The molecular weight excluding hydrogens is 272 g/mol. The molecule has 1 aromatic rings. The molecule has 0 atom stereocenters. The van der Waals surface area contributed by atoms with Gasteiger partial charge in [-0.3, -0.25) is 0 Å². The molecule has 21 heavy (non-hydrogen) atoms. The van der Waals surface area contributed by atoms with Crippen LogP contribution in [0.25, 0.3) is 0 Å². The smallest absolute Gasteiger partial charge is 0.335 e. The second kappa shape index (κ2) is 6.58. The van der Waals surface area contributed by atoms with Gasteiger partial charge in [0.15, 0.2) is 0 Å². The Hall–Kier alpha value is -2.08. The van der Waals surface area contributed by atoms with E-state index in [1.165, 1.54) is 6.07 Å². The monoisotopic (exact) mass is 292 g/mol. The topological polar surface area (TPSA) is 78.9 Å². The molecule has 114 valence electrons. The fourth-order valence-electron chi connectivity index (χ4n) is 2.43. The summed E-state index contributed by atoms with van der Waals surface area (Å²) in [7, 11) is 1.69. The van der Waals surface area contributed by atoms with Crippen LogP contribution in [0.2, 0.25) is 0 Å². The Kier molecular flexibility index (Phi) is 4.80. The molecule has 0 aliphatic carbocycles. The minimum absolute atomic E-state index is 0.157. The van der Waals surface area contributed by atoms with Gasteiger partial charge in [0, 0.05) is 25.9 Å². The van der Waals surface area contributed by atoms with Gasteiger partial charge >= 0.3 is 12.0 Å². The number of aryl methyl sites for hydroxylation is 1. The summed E-state index contributed by atoms with van der Waals surface area (Å²) in [5.41, 5.74) is 1.58. The molecule has 1 aliphatic rings. The Morgan fingerprint density at radius 1 is 1.33 bits per heavy atom. The molecule has 1 aliphatic heterocycles. The molecule has 0 bridgehead atoms. The number of methoxy groups -OCH3 is 1. The maximum atomic E-state index is 12.2. The van der Waals surface area contributed by atoms with Gasteiger partial charge in [0.25, 0.3) is 0 Å². The number of hydrogen-bond donors (Lipinski definition) is 2. The molecule has 1 aromatic carbocycles. The first-order chi connectivity index (χ1) is 10.0. The lowest BCUT2D eigenvalue weighted by atomic mass is 10.1. The highest BCUT2D eigenvalue weighted by molar-refractivity contribution is 5.92. The van der Waals surface area contributed by atoms with Crippen LogP contribution in [0.3, 0.4) is 0 Å². The van der Waals surface area contributed by atoms with Crippen molar-refractivity contribution in [3.05, 3.63) is 29.3 Å². The normalized spacial score (nSPS) is 15.8. The SMILES string of the molecule is COC1CCN(C(=O)Nc2ccc(C(=O)O)cc2C)CC1. The lowest BCUT2D eigenvalue weighted by Crippen LogP contribution is -2.42. The van der Waals surface area contributed by atoms with E-state index in [-0.39, 0.29) is 17.7 Å². The van der Waals surface area contributed by atoms with Crippen molar-refractivity contribution in [2.75, 3.05) is 25.5 Å². The number of nitrogens with one attached hydrogen (secondary N) is 1. The molecule has 0 saturated carbocycles. The number of nitrogens with zero attached hydrogens (tertiary/aromatic N) is 1. The number of carbonyl (C=O) groups is 2. The van der Waals surface area contributed by atoms with Crippen LogP contribution in [0.15, 0.2) is 18.2 Å². The van der Waals surface area contributed by atoms with Gasteiger partial charge in [-0.2, -0.15) is 0 Å². The summed E-state index contributed by atoms with van der Waals surface area (Å²) in [4.78, 5) is 24.8. The van der Waals surface area contributed by atoms with Crippen molar-refractivity contribution in [1.29, 1.82) is 0 Å². The summed E-state index contributed by atoms with van der Waals surface area (Å²) in [6, 6.07) is 4.51. The highest BCUT2D eigenvalue weighted by Crippen LogP contribution is 2.19. The predicted molar refractivity (Wildman–Crippen MR) is 78.8 cm³/mol. The molecular formula is C15H20N2O4. The molecule has 2 N–H and O–H groups in total. The van der Waals surface area contributed by atoms with Gasteiger partial charge in [-0.05, 0) is 43.5 Å². The van der Waals surface area contributed by atoms with E-state index in [0.29, 0.717) is 18.8 Å². The third-order valence-electron chi connectivity index (χ3n) is 3.78. The summed E-state index contributed by atoms with van der Waals surface area (Å²) in [5.74, 6) is -0.974. The van der Waals surface area contributed by atoms with E-state index >= 15 is 0 Å². The van der Waals surface area contributed by atoms with Crippen molar-refractivity contribution in [2.45, 2.75) is 25.9 Å². The van der Waals surface area contributed by atoms with Crippen LogP contribution in [-0.2, 0) is 4.74 Å². The lowest BCUT2D eigenvalue weighted by Gasteiger charge is -2.31. The zero-order valence-electron chi connectivity index (χ0n) is 12.3. The molecule has 0 aromatic heterocycles. The quantitative estimate of drug-likeness (QED) is 0.896. The van der Waals surface area contributed by atoms with Crippen LogP contribution >= 0.6 is 0 Å². The first-order valence-electron chi connectivity index (χ1n) is 6.94. The first kappa shape index (κ1) is 15.3. The van der Waals surface area contributed by atoms with E-state index in [9.17, 15) is 9.59 Å². The molecule has 6 nitrogen and oxygen atoms in total. The molecule has 0 radical (unpaired) electrons. The number of carboxylic acid groups (broad SMARTS) is 1. The van der Waals surface area contributed by atoms with E-state index in [0.717, 1.165) is 18.4 Å². The Labute approximate surface area is 123 Å². The van der Waals surface area contributed by atoms with Crippen LogP contribution in [0, 0.1) is 6.92 Å². The second-order valence-corrected chi connectivity index (χ2v) is 5.19. The molecule has 6 heteroatoms. The summed E-state index contributed by atoms with van der Waals surface area (Å²) in [5, 5.41) is 11.8. The van der Waals surface area contributed by atoms with Gasteiger partial charge < -0.3 is 20.1 Å². The summed E-state index contributed by atoms with van der Waals surface area (Å²) in [6.07, 6.45) is 1.90. The number of benzene rings is 1. The van der Waals surface area contributed by atoms with E-state index in [4.69, 9.17) is 9.84 Å². The van der Waals surface area contributed by atoms with E-state index in [1.54, 1.807) is 31.1 Å². The maximum absolute atomic E-state index is 12.2. The van der Waals surface area contributed by atoms with Crippen molar-refractivity contribution in [1.82, 2.24) is 4.90 Å². The van der Waals surface area contributed by atoms with Gasteiger partial charge in [0.2, 0.25) is 0 Å². The van der Waals surface area contributed by atoms with Crippen LogP contribution in [0.5, 0.6) is 0 Å². The average molecular weight is 292 g/mol. The van der Waals surface area contributed by atoms with Crippen LogP contribution < -0.4 is 5.32 Å². The van der Waals surface area contributed by atoms with Crippen molar-refractivity contribution in [3.63, 3.8) is 0 Å². The number of urea groups is 1. The molecule has 2 rings (SSSR count). The van der Waals surface area contributed by atoms with Crippen LogP contribution in [0.4, 0.5) is 10.5 Å². The minimum Gasteiger partial charge on any atom is -0.478 e. The number of hydrogen-bond acceptors (Lipinski definition) is 3. The largest absolute Gasteiger partial charge is 0.478 e. The summed E-state index contributed by atoms with van der Waals surface area (Å²) < 4.78 is 5.28. The lowest BCUT2D eigenvalue weighted by molar-refractivity contribution is 0.0521. The minimum atomic E-state index is -0.974. The van der Waals surface area contributed by atoms with Gasteiger partial charge in [-0.25, -0.2) is 9.59 Å². The third-order valence-corrected chi connectivity index (χ3v) is 3.78. The zero-order valence-corrected chi connectivity index (χ0v) is 12.3. The van der Waals surface area contributed by atoms with E-state index in [1.807, 2.05) is 0 Å². The Morgan fingerprint density at radius 3 is 2.52 bits per heavy atom. The zero-order chi connectivity index (χ0) is 15.4. The van der Waals surface area contributed by atoms with Crippen LogP contribution in [-0.4, -0.2) is 48.3 Å². The maximum Gasteiger partial charge on any atom is 0.335 e. The number of anilines is 1. The Bertz CT molecular complexity index is 536. The molecule has 0 spiro atoms. The number of carbonyl (C=O) groups excluding carboxylic acids is 1. The van der Waals surface area contributed by atoms with Crippen molar-refractivity contribution < 1.29 is 19.4 Å². The predicted octanol–water partition coefficient (Wildman–Crippen LogP) is 2.34. The van der Waals surface area contributed by atoms with E-state index < -0.39 is 5.97 Å². The summed E-state index contributed by atoms with van der Waals surface area (Å²) in [6.45, 7) is 3.10. The van der Waals surface area contributed by atoms with E-state index in [2.05, 4.69) is 5.32 Å². The number of aromatic carboxylic acids is 1. The average Bonchev–Trinajstić information content (AvgIpc) is 2.49. The standard InChI is InChI=1S/C15H20N2O4/c1-10-9-11(14(18)19)3-4-13(10)16-15(20)17-7-5-12(21-2)6-8-17/h3-4,9,12H,5-8H2,1-2H3,(H,16,20)(H,18,19). The summed E-state index contributed by atoms with van der Waals surface area (Å²) >= 11 is 0. The highest BCUT2D eigenvalue weighted by atomic mass is 16.5. The van der Waals surface area contributed by atoms with Gasteiger partial charge in [-0.1, -0.05) is 0 Å². The second-order valence-electron chi connectivity index (χ2n) is 5.19. The van der Waals surface area contributed by atoms with Crippen LogP contribution in [0.1, 0.15) is 28.8 Å².